The summed E-state index contributed by atoms with van der Waals surface area (Å²) in [6, 6.07) is 4.06. The highest BCUT2D eigenvalue weighted by Crippen LogP contribution is 2.18. The van der Waals surface area contributed by atoms with E-state index in [0.29, 0.717) is 12.2 Å². The number of hydrogen-bond acceptors (Lipinski definition) is 5. The van der Waals surface area contributed by atoms with E-state index in [-0.39, 0.29) is 24.1 Å². The lowest BCUT2D eigenvalue weighted by Gasteiger charge is -2.23. The fourth-order valence-electron chi connectivity index (χ4n) is 3.17. The zero-order valence-electron chi connectivity index (χ0n) is 14.5. The van der Waals surface area contributed by atoms with Crippen LogP contribution in [0.5, 0.6) is 0 Å². The monoisotopic (exact) mass is 352 g/mol. The Morgan fingerprint density at radius 1 is 1.46 bits per heavy atom. The van der Waals surface area contributed by atoms with Gasteiger partial charge in [-0.2, -0.15) is 0 Å². The Balaban J connectivity index is 1.43. The molecule has 0 saturated carbocycles. The molecule has 0 spiro atoms. The van der Waals surface area contributed by atoms with Crippen molar-refractivity contribution in [3.63, 3.8) is 0 Å². The summed E-state index contributed by atoms with van der Waals surface area (Å²) in [5.41, 5.74) is 2.94. The van der Waals surface area contributed by atoms with E-state index in [1.165, 1.54) is 10.9 Å². The number of carbonyl (C=O) groups excluding carboxylic acids is 1. The lowest BCUT2D eigenvalue weighted by molar-refractivity contribution is -0.121. The van der Waals surface area contributed by atoms with Crippen LogP contribution in [0.3, 0.4) is 0 Å². The summed E-state index contributed by atoms with van der Waals surface area (Å²) in [7, 11) is 0. The highest BCUT2D eigenvalue weighted by Gasteiger charge is 2.20. The third-order valence-electron chi connectivity index (χ3n) is 4.59. The Hall–Kier alpha value is -3.16. The summed E-state index contributed by atoms with van der Waals surface area (Å²) in [6.45, 7) is 2.33. The zero-order chi connectivity index (χ0) is 18.1. The van der Waals surface area contributed by atoms with Crippen molar-refractivity contribution in [2.45, 2.75) is 38.9 Å². The van der Waals surface area contributed by atoms with Gasteiger partial charge >= 0.3 is 0 Å². The number of fused-ring (bicyclic) bond motifs is 2. The quantitative estimate of drug-likeness (QED) is 0.654. The van der Waals surface area contributed by atoms with E-state index in [0.717, 1.165) is 35.1 Å². The van der Waals surface area contributed by atoms with Gasteiger partial charge in [-0.25, -0.2) is 4.98 Å². The number of H-pyrrole nitrogens is 1. The molecule has 134 valence electrons. The molecule has 26 heavy (non-hydrogen) atoms. The maximum atomic E-state index is 12.6. The van der Waals surface area contributed by atoms with Crippen molar-refractivity contribution in [1.29, 1.82) is 0 Å². The number of nitrogens with one attached hydrogen (secondary N) is 3. The predicted octanol–water partition coefficient (Wildman–Crippen LogP) is 1.18. The molecule has 0 bridgehead atoms. The van der Waals surface area contributed by atoms with Gasteiger partial charge in [0.25, 0.3) is 5.56 Å². The maximum Gasteiger partial charge on any atom is 0.277 e. The van der Waals surface area contributed by atoms with Gasteiger partial charge in [-0.15, -0.1) is 0 Å². The number of anilines is 1. The van der Waals surface area contributed by atoms with Crippen LogP contribution in [-0.4, -0.2) is 31.5 Å². The fourth-order valence-corrected chi connectivity index (χ4v) is 3.17. The van der Waals surface area contributed by atoms with Gasteiger partial charge in [-0.05, 0) is 31.9 Å². The molecule has 3 N–H and O–H groups in total. The van der Waals surface area contributed by atoms with Crippen LogP contribution in [0.15, 0.2) is 35.6 Å². The average molecular weight is 352 g/mol. The smallest absolute Gasteiger partial charge is 0.277 e. The minimum Gasteiger partial charge on any atom is -0.377 e. The van der Waals surface area contributed by atoms with Crippen LogP contribution in [0.1, 0.15) is 24.7 Å². The Bertz CT molecular complexity index is 989. The van der Waals surface area contributed by atoms with Gasteiger partial charge in [0.15, 0.2) is 0 Å². The summed E-state index contributed by atoms with van der Waals surface area (Å²) in [6.07, 6.45) is 6.66. The minimum absolute atomic E-state index is 0.0586. The highest BCUT2D eigenvalue weighted by molar-refractivity contribution is 5.79. The SMILES string of the molecule is C[C@@H]1CCc2ncn(CC(=O)NCc3cc4cnccc4[nH]3)c(=O)c2N1. The van der Waals surface area contributed by atoms with Gasteiger partial charge in [-0.3, -0.25) is 19.1 Å². The average Bonchev–Trinajstić information content (AvgIpc) is 3.06. The van der Waals surface area contributed by atoms with E-state index in [1.807, 2.05) is 19.1 Å². The second-order valence-electron chi connectivity index (χ2n) is 6.62. The van der Waals surface area contributed by atoms with Crippen molar-refractivity contribution >= 4 is 22.5 Å². The third kappa shape index (κ3) is 3.17. The molecule has 1 aliphatic rings. The van der Waals surface area contributed by atoms with Gasteiger partial charge in [0, 0.05) is 35.0 Å². The first-order valence-electron chi connectivity index (χ1n) is 8.63. The molecule has 3 aromatic heterocycles. The number of aryl methyl sites for hydroxylation is 1. The van der Waals surface area contributed by atoms with E-state index >= 15 is 0 Å². The molecule has 0 saturated heterocycles. The lowest BCUT2D eigenvalue weighted by Crippen LogP contribution is -2.36. The first-order valence-corrected chi connectivity index (χ1v) is 8.63. The molecule has 8 heteroatoms. The lowest BCUT2D eigenvalue weighted by atomic mass is 10.0. The molecular formula is C18H20N6O2. The first-order chi connectivity index (χ1) is 12.6. The van der Waals surface area contributed by atoms with E-state index in [4.69, 9.17) is 0 Å². The zero-order valence-corrected chi connectivity index (χ0v) is 14.5. The first kappa shape index (κ1) is 16.3. The van der Waals surface area contributed by atoms with Crippen molar-refractivity contribution in [3.8, 4) is 0 Å². The standard InChI is InChI=1S/C18H20N6O2/c1-11-2-3-15-17(22-11)18(26)24(10-21-15)9-16(25)20-8-13-6-12-7-19-5-4-14(12)23-13/h4-7,10-11,22-23H,2-3,8-9H2,1H3,(H,20,25)/t11-/m1/s1. The molecule has 4 rings (SSSR count). The Morgan fingerprint density at radius 3 is 3.19 bits per heavy atom. The second kappa shape index (κ2) is 6.62. The summed E-state index contributed by atoms with van der Waals surface area (Å²) in [4.78, 5) is 36.4. The minimum atomic E-state index is -0.241. The number of aromatic amines is 1. The molecule has 1 aliphatic heterocycles. The highest BCUT2D eigenvalue weighted by atomic mass is 16.2. The number of aromatic nitrogens is 4. The normalized spacial score (nSPS) is 16.1. The molecule has 0 unspecified atom stereocenters. The van der Waals surface area contributed by atoms with Crippen LogP contribution in [0.4, 0.5) is 5.69 Å². The van der Waals surface area contributed by atoms with Gasteiger partial charge in [0.05, 0.1) is 18.6 Å². The summed E-state index contributed by atoms with van der Waals surface area (Å²) in [5, 5.41) is 6.99. The van der Waals surface area contributed by atoms with E-state index in [1.54, 1.807) is 12.4 Å². The third-order valence-corrected chi connectivity index (χ3v) is 4.59. The predicted molar refractivity (Wildman–Crippen MR) is 97.8 cm³/mol. The number of nitrogens with zero attached hydrogens (tertiary/aromatic N) is 3. The van der Waals surface area contributed by atoms with Crippen LogP contribution in [-0.2, 0) is 24.3 Å². The molecule has 0 fully saturated rings. The maximum absolute atomic E-state index is 12.6. The summed E-state index contributed by atoms with van der Waals surface area (Å²) < 4.78 is 1.34. The largest absolute Gasteiger partial charge is 0.377 e. The molecule has 1 amide bonds. The van der Waals surface area contributed by atoms with Crippen molar-refractivity contribution in [1.82, 2.24) is 24.8 Å². The van der Waals surface area contributed by atoms with Crippen molar-refractivity contribution < 1.29 is 4.79 Å². The molecule has 1 atom stereocenters. The van der Waals surface area contributed by atoms with E-state index in [9.17, 15) is 9.59 Å². The van der Waals surface area contributed by atoms with Crippen LogP contribution >= 0.6 is 0 Å². The molecule has 4 heterocycles. The molecule has 8 nitrogen and oxygen atoms in total. The molecule has 0 aliphatic carbocycles. The summed E-state index contributed by atoms with van der Waals surface area (Å²) >= 11 is 0. The van der Waals surface area contributed by atoms with E-state index in [2.05, 4.69) is 25.6 Å². The van der Waals surface area contributed by atoms with Gasteiger partial charge in [-0.1, -0.05) is 0 Å². The van der Waals surface area contributed by atoms with Crippen LogP contribution in [0, 0.1) is 0 Å². The molecule has 0 aromatic carbocycles. The van der Waals surface area contributed by atoms with Crippen LogP contribution < -0.4 is 16.2 Å². The summed E-state index contributed by atoms with van der Waals surface area (Å²) in [5.74, 6) is -0.241. The van der Waals surface area contributed by atoms with Gasteiger partial charge in [0.1, 0.15) is 12.2 Å². The number of hydrogen-bond donors (Lipinski definition) is 3. The van der Waals surface area contributed by atoms with Crippen LogP contribution in [0.25, 0.3) is 10.9 Å². The molecule has 3 aromatic rings. The number of rotatable bonds is 4. The van der Waals surface area contributed by atoms with Crippen molar-refractivity contribution in [2.24, 2.45) is 0 Å². The molecule has 0 radical (unpaired) electrons. The second-order valence-corrected chi connectivity index (χ2v) is 6.62. The van der Waals surface area contributed by atoms with Gasteiger partial charge < -0.3 is 15.6 Å². The number of pyridine rings is 1. The van der Waals surface area contributed by atoms with E-state index < -0.39 is 0 Å². The van der Waals surface area contributed by atoms with Crippen molar-refractivity contribution in [3.05, 3.63) is 52.6 Å². The molecular weight excluding hydrogens is 332 g/mol. The topological polar surface area (TPSA) is 105 Å². The van der Waals surface area contributed by atoms with Crippen LogP contribution in [0.2, 0.25) is 0 Å². The fraction of sp³-hybridized carbons (Fsp3) is 0.333. The van der Waals surface area contributed by atoms with Crippen molar-refractivity contribution in [2.75, 3.05) is 5.32 Å². The Morgan fingerprint density at radius 2 is 2.35 bits per heavy atom. The number of amides is 1. The van der Waals surface area contributed by atoms with Gasteiger partial charge in [0.2, 0.25) is 5.91 Å². The number of carbonyl (C=O) groups is 1. The Labute approximate surface area is 149 Å². The Kier molecular flexibility index (Phi) is 4.16.